The van der Waals surface area contributed by atoms with Gasteiger partial charge in [-0.1, -0.05) is 6.07 Å². The first-order valence-corrected chi connectivity index (χ1v) is 8.37. The summed E-state index contributed by atoms with van der Waals surface area (Å²) in [6.07, 6.45) is 6.33. The van der Waals surface area contributed by atoms with Crippen molar-refractivity contribution in [2.75, 3.05) is 26.2 Å². The standard InChI is InChI=1S/C18H21N3O3/c22-18(17-4-2-8-23-17)21-7-6-20-12-16(9-15(20)11-21)24-13-14-3-1-5-19-10-14/h1-5,8,10,15-16H,6-7,9,11-13H2/t15-,16+/m0/s1. The third kappa shape index (κ3) is 3.20. The fourth-order valence-electron chi connectivity index (χ4n) is 3.56. The molecule has 0 spiro atoms. The molecule has 6 heteroatoms. The number of amides is 1. The first-order chi connectivity index (χ1) is 11.8. The summed E-state index contributed by atoms with van der Waals surface area (Å²) >= 11 is 0. The lowest BCUT2D eigenvalue weighted by atomic mass is 10.1. The summed E-state index contributed by atoms with van der Waals surface area (Å²) in [5.41, 5.74) is 1.09. The van der Waals surface area contributed by atoms with Crippen LogP contribution in [0.3, 0.4) is 0 Å². The van der Waals surface area contributed by atoms with Gasteiger partial charge in [0.15, 0.2) is 5.76 Å². The summed E-state index contributed by atoms with van der Waals surface area (Å²) in [6.45, 7) is 3.91. The average molecular weight is 327 g/mol. The van der Waals surface area contributed by atoms with Crippen molar-refractivity contribution in [2.45, 2.75) is 25.2 Å². The number of ether oxygens (including phenoxy) is 1. The topological polar surface area (TPSA) is 58.8 Å². The third-order valence-electron chi connectivity index (χ3n) is 4.81. The Morgan fingerprint density at radius 1 is 1.29 bits per heavy atom. The van der Waals surface area contributed by atoms with E-state index in [0.717, 1.165) is 38.2 Å². The zero-order valence-electron chi connectivity index (χ0n) is 13.5. The zero-order chi connectivity index (χ0) is 16.4. The van der Waals surface area contributed by atoms with Crippen LogP contribution in [0.1, 0.15) is 22.5 Å². The maximum Gasteiger partial charge on any atom is 0.289 e. The highest BCUT2D eigenvalue weighted by atomic mass is 16.5. The number of carbonyl (C=O) groups is 1. The molecule has 2 fully saturated rings. The Bertz CT molecular complexity index is 674. The van der Waals surface area contributed by atoms with Gasteiger partial charge in [-0.3, -0.25) is 14.7 Å². The molecule has 0 unspecified atom stereocenters. The van der Waals surface area contributed by atoms with Gasteiger partial charge in [0.25, 0.3) is 5.91 Å². The van der Waals surface area contributed by atoms with E-state index in [4.69, 9.17) is 9.15 Å². The van der Waals surface area contributed by atoms with Gasteiger partial charge in [-0.05, 0) is 30.2 Å². The van der Waals surface area contributed by atoms with E-state index in [9.17, 15) is 4.79 Å². The van der Waals surface area contributed by atoms with Crippen molar-refractivity contribution in [1.29, 1.82) is 0 Å². The molecule has 2 aromatic rings. The molecule has 0 N–H and O–H groups in total. The molecule has 2 aliphatic heterocycles. The Balaban J connectivity index is 1.32. The van der Waals surface area contributed by atoms with Gasteiger partial charge in [0.1, 0.15) is 0 Å². The van der Waals surface area contributed by atoms with E-state index in [2.05, 4.69) is 9.88 Å². The predicted octanol–water partition coefficient (Wildman–Crippen LogP) is 1.79. The molecule has 4 heterocycles. The molecule has 24 heavy (non-hydrogen) atoms. The average Bonchev–Trinajstić information content (AvgIpc) is 3.29. The molecule has 1 amide bonds. The number of fused-ring (bicyclic) bond motifs is 1. The Morgan fingerprint density at radius 2 is 2.25 bits per heavy atom. The van der Waals surface area contributed by atoms with Crippen LogP contribution >= 0.6 is 0 Å². The molecule has 0 saturated carbocycles. The van der Waals surface area contributed by atoms with E-state index >= 15 is 0 Å². The number of pyridine rings is 1. The van der Waals surface area contributed by atoms with E-state index in [1.165, 1.54) is 0 Å². The van der Waals surface area contributed by atoms with Crippen LogP contribution in [0.5, 0.6) is 0 Å². The van der Waals surface area contributed by atoms with Gasteiger partial charge in [0, 0.05) is 44.6 Å². The molecular weight excluding hydrogens is 306 g/mol. The molecule has 2 atom stereocenters. The molecule has 4 rings (SSSR count). The number of piperazine rings is 1. The first-order valence-electron chi connectivity index (χ1n) is 8.37. The van der Waals surface area contributed by atoms with Gasteiger partial charge in [-0.25, -0.2) is 0 Å². The second kappa shape index (κ2) is 6.75. The van der Waals surface area contributed by atoms with Crippen LogP contribution in [0.4, 0.5) is 0 Å². The summed E-state index contributed by atoms with van der Waals surface area (Å²) in [7, 11) is 0. The molecule has 0 radical (unpaired) electrons. The van der Waals surface area contributed by atoms with Crippen LogP contribution in [-0.4, -0.2) is 59.0 Å². The third-order valence-corrected chi connectivity index (χ3v) is 4.81. The minimum absolute atomic E-state index is 0.0145. The summed E-state index contributed by atoms with van der Waals surface area (Å²) in [4.78, 5) is 20.9. The van der Waals surface area contributed by atoms with Crippen molar-refractivity contribution >= 4 is 5.91 Å². The maximum absolute atomic E-state index is 12.4. The minimum Gasteiger partial charge on any atom is -0.459 e. The Labute approximate surface area is 141 Å². The molecule has 6 nitrogen and oxygen atoms in total. The van der Waals surface area contributed by atoms with Crippen LogP contribution in [-0.2, 0) is 11.3 Å². The number of hydrogen-bond acceptors (Lipinski definition) is 5. The van der Waals surface area contributed by atoms with Crippen LogP contribution in [0.2, 0.25) is 0 Å². The summed E-state index contributed by atoms with van der Waals surface area (Å²) in [5.74, 6) is 0.408. The number of carbonyl (C=O) groups excluding carboxylic acids is 1. The highest BCUT2D eigenvalue weighted by Gasteiger charge is 2.38. The molecule has 126 valence electrons. The lowest BCUT2D eigenvalue weighted by Gasteiger charge is -2.36. The molecule has 2 saturated heterocycles. The second-order valence-electron chi connectivity index (χ2n) is 6.41. The van der Waals surface area contributed by atoms with Gasteiger partial charge in [-0.15, -0.1) is 0 Å². The summed E-state index contributed by atoms with van der Waals surface area (Å²) in [5, 5.41) is 0. The van der Waals surface area contributed by atoms with Crippen molar-refractivity contribution in [3.05, 3.63) is 54.2 Å². The minimum atomic E-state index is -0.0145. The largest absolute Gasteiger partial charge is 0.459 e. The van der Waals surface area contributed by atoms with Crippen LogP contribution < -0.4 is 0 Å². The van der Waals surface area contributed by atoms with Crippen molar-refractivity contribution < 1.29 is 13.9 Å². The van der Waals surface area contributed by atoms with E-state index in [1.54, 1.807) is 24.6 Å². The molecule has 0 bridgehead atoms. The lowest BCUT2D eigenvalue weighted by molar-refractivity contribution is 0.0446. The summed E-state index contributed by atoms with van der Waals surface area (Å²) in [6, 6.07) is 7.80. The van der Waals surface area contributed by atoms with Crippen LogP contribution in [0, 0.1) is 0 Å². The highest BCUT2D eigenvalue weighted by molar-refractivity contribution is 5.91. The Hall–Kier alpha value is -2.18. The van der Waals surface area contributed by atoms with E-state index < -0.39 is 0 Å². The Morgan fingerprint density at radius 3 is 3.04 bits per heavy atom. The van der Waals surface area contributed by atoms with Gasteiger partial charge in [0.05, 0.1) is 19.0 Å². The van der Waals surface area contributed by atoms with Gasteiger partial charge < -0.3 is 14.1 Å². The normalized spacial score (nSPS) is 24.1. The number of hydrogen-bond donors (Lipinski definition) is 0. The number of nitrogens with zero attached hydrogens (tertiary/aromatic N) is 3. The fourth-order valence-corrected chi connectivity index (χ4v) is 3.56. The van der Waals surface area contributed by atoms with Crippen molar-refractivity contribution in [3.8, 4) is 0 Å². The fraction of sp³-hybridized carbons (Fsp3) is 0.444. The first kappa shape index (κ1) is 15.4. The smallest absolute Gasteiger partial charge is 0.289 e. The second-order valence-corrected chi connectivity index (χ2v) is 6.41. The number of rotatable bonds is 4. The monoisotopic (exact) mass is 327 g/mol. The van der Waals surface area contributed by atoms with Crippen LogP contribution in [0.15, 0.2) is 47.3 Å². The molecule has 2 aliphatic rings. The van der Waals surface area contributed by atoms with Gasteiger partial charge in [0.2, 0.25) is 0 Å². The van der Waals surface area contributed by atoms with E-state index in [1.807, 2.05) is 23.2 Å². The molecule has 0 aromatic carbocycles. The lowest BCUT2D eigenvalue weighted by Crippen LogP contribution is -2.52. The van der Waals surface area contributed by atoms with Crippen molar-refractivity contribution in [1.82, 2.24) is 14.8 Å². The van der Waals surface area contributed by atoms with Gasteiger partial charge in [-0.2, -0.15) is 0 Å². The number of furan rings is 1. The van der Waals surface area contributed by atoms with Crippen molar-refractivity contribution in [3.63, 3.8) is 0 Å². The van der Waals surface area contributed by atoms with E-state index in [0.29, 0.717) is 18.4 Å². The molecule has 2 aromatic heterocycles. The predicted molar refractivity (Wildman–Crippen MR) is 87.4 cm³/mol. The SMILES string of the molecule is O=C(c1ccco1)N1CCN2C[C@H](OCc3cccnc3)C[C@H]2C1. The van der Waals surface area contributed by atoms with Crippen LogP contribution in [0.25, 0.3) is 0 Å². The Kier molecular flexibility index (Phi) is 4.32. The van der Waals surface area contributed by atoms with Gasteiger partial charge >= 0.3 is 0 Å². The zero-order valence-corrected chi connectivity index (χ0v) is 13.5. The number of aromatic nitrogens is 1. The highest BCUT2D eigenvalue weighted by Crippen LogP contribution is 2.25. The maximum atomic E-state index is 12.4. The molecule has 0 aliphatic carbocycles. The van der Waals surface area contributed by atoms with Crippen molar-refractivity contribution in [2.24, 2.45) is 0 Å². The van der Waals surface area contributed by atoms with E-state index in [-0.39, 0.29) is 12.0 Å². The summed E-state index contributed by atoms with van der Waals surface area (Å²) < 4.78 is 11.3. The molecular formula is C18H21N3O3. The quantitative estimate of drug-likeness (QED) is 0.857.